The zero-order chi connectivity index (χ0) is 25.2. The second-order valence-electron chi connectivity index (χ2n) is 9.93. The number of H-pyrrole nitrogens is 1. The minimum absolute atomic E-state index is 0.188. The van der Waals surface area contributed by atoms with E-state index in [1.807, 2.05) is 35.7 Å². The van der Waals surface area contributed by atoms with Crippen LogP contribution in [0.1, 0.15) is 55.7 Å². The third kappa shape index (κ3) is 5.11. The van der Waals surface area contributed by atoms with Crippen LogP contribution in [0.25, 0.3) is 22.2 Å². The number of benzene rings is 2. The molecule has 2 amide bonds. The van der Waals surface area contributed by atoms with Crippen LogP contribution in [0, 0.1) is 0 Å². The Morgan fingerprint density at radius 3 is 2.73 bits per heavy atom. The number of anilines is 1. The summed E-state index contributed by atoms with van der Waals surface area (Å²) in [5, 5.41) is 6.61. The zero-order valence-corrected chi connectivity index (χ0v) is 21.4. The molecule has 3 heterocycles. The van der Waals surface area contributed by atoms with Crippen molar-refractivity contribution in [1.82, 2.24) is 14.9 Å². The molecule has 2 aromatic carbocycles. The first-order chi connectivity index (χ1) is 18.1. The molecule has 1 aliphatic heterocycles. The normalized spacial score (nSPS) is 17.9. The number of likely N-dealkylation sites (tertiary alicyclic amines) is 1. The van der Waals surface area contributed by atoms with Gasteiger partial charge in [0.25, 0.3) is 0 Å². The second kappa shape index (κ2) is 10.4. The number of hydrogen-bond donors (Lipinski definition) is 2. The average molecular weight is 515 g/mol. The van der Waals surface area contributed by atoms with Gasteiger partial charge in [-0.2, -0.15) is 0 Å². The topological polar surface area (TPSA) is 87.3 Å². The van der Waals surface area contributed by atoms with Crippen LogP contribution >= 0.6 is 11.3 Å². The van der Waals surface area contributed by atoms with Crippen LogP contribution in [0.5, 0.6) is 0 Å². The third-order valence-corrected chi connectivity index (χ3v) is 8.22. The van der Waals surface area contributed by atoms with E-state index in [-0.39, 0.29) is 12.5 Å². The number of thiazole rings is 1. The highest BCUT2D eigenvalue weighted by molar-refractivity contribution is 7.14. The summed E-state index contributed by atoms with van der Waals surface area (Å²) in [6.45, 7) is 0.697. The van der Waals surface area contributed by atoms with Gasteiger partial charge in [0, 0.05) is 34.1 Å². The van der Waals surface area contributed by atoms with Crippen LogP contribution in [-0.2, 0) is 16.1 Å². The highest BCUT2D eigenvalue weighted by Gasteiger charge is 2.35. The number of aromatic amines is 1. The first kappa shape index (κ1) is 23.7. The lowest BCUT2D eigenvalue weighted by atomic mass is 10.0. The summed E-state index contributed by atoms with van der Waals surface area (Å²) in [5.41, 5.74) is 5.25. The summed E-state index contributed by atoms with van der Waals surface area (Å²) in [6, 6.07) is 17.6. The number of ether oxygens (including phenoxy) is 1. The molecule has 8 heteroatoms. The minimum Gasteiger partial charge on any atom is -0.445 e. The van der Waals surface area contributed by atoms with Gasteiger partial charge in [0.1, 0.15) is 12.6 Å². The predicted molar refractivity (Wildman–Crippen MR) is 146 cm³/mol. The number of nitrogens with zero attached hydrogens (tertiary/aromatic N) is 2. The van der Waals surface area contributed by atoms with Crippen molar-refractivity contribution >= 4 is 39.4 Å². The molecule has 190 valence electrons. The summed E-state index contributed by atoms with van der Waals surface area (Å²) in [7, 11) is 0. The lowest BCUT2D eigenvalue weighted by Crippen LogP contribution is -2.43. The Kier molecular flexibility index (Phi) is 6.66. The molecule has 0 bridgehead atoms. The quantitative estimate of drug-likeness (QED) is 0.300. The van der Waals surface area contributed by atoms with Crippen molar-refractivity contribution in [3.8, 4) is 11.3 Å². The molecule has 2 aliphatic rings. The summed E-state index contributed by atoms with van der Waals surface area (Å²) in [4.78, 5) is 35.5. The maximum Gasteiger partial charge on any atom is 0.410 e. The molecule has 1 unspecified atom stereocenters. The Hall–Kier alpha value is -3.65. The fraction of sp³-hybridized carbons (Fsp3) is 0.345. The van der Waals surface area contributed by atoms with Gasteiger partial charge in [0.2, 0.25) is 5.91 Å². The molecule has 1 atom stereocenters. The molecule has 7 nitrogen and oxygen atoms in total. The Morgan fingerprint density at radius 2 is 1.89 bits per heavy atom. The first-order valence-electron chi connectivity index (χ1n) is 13.0. The van der Waals surface area contributed by atoms with Crippen LogP contribution in [0.4, 0.5) is 9.93 Å². The molecule has 4 aromatic rings. The standard InChI is InChI=1S/C29H30N4O3S/c34-27(26-11-6-14-33(26)29(35)36-17-19-7-2-1-3-8-19)32-28-31-25(18-37-28)21-12-13-23-22(15-21)16-24(30-23)20-9-4-5-10-20/h1-3,7-8,12-13,15-16,18,20,26,30H,4-6,9-11,14,17H2,(H,31,32,34). The lowest BCUT2D eigenvalue weighted by molar-refractivity contribution is -0.120. The smallest absolute Gasteiger partial charge is 0.410 e. The molecule has 1 saturated carbocycles. The van der Waals surface area contributed by atoms with E-state index >= 15 is 0 Å². The fourth-order valence-corrected chi connectivity index (χ4v) is 6.21. The highest BCUT2D eigenvalue weighted by Crippen LogP contribution is 2.36. The van der Waals surface area contributed by atoms with Gasteiger partial charge in [-0.05, 0) is 55.4 Å². The van der Waals surface area contributed by atoms with E-state index in [4.69, 9.17) is 4.74 Å². The van der Waals surface area contributed by atoms with E-state index in [0.717, 1.165) is 28.8 Å². The summed E-state index contributed by atoms with van der Waals surface area (Å²) in [5.74, 6) is 0.417. The van der Waals surface area contributed by atoms with Crippen molar-refractivity contribution < 1.29 is 14.3 Å². The molecule has 0 radical (unpaired) electrons. The van der Waals surface area contributed by atoms with E-state index in [9.17, 15) is 9.59 Å². The molecule has 1 saturated heterocycles. The molecule has 0 spiro atoms. The number of amides is 2. The van der Waals surface area contributed by atoms with Crippen LogP contribution in [0.3, 0.4) is 0 Å². The first-order valence-corrected chi connectivity index (χ1v) is 13.9. The van der Waals surface area contributed by atoms with Crippen LogP contribution < -0.4 is 5.32 Å². The summed E-state index contributed by atoms with van der Waals surface area (Å²) >= 11 is 1.39. The van der Waals surface area contributed by atoms with Gasteiger partial charge in [-0.15, -0.1) is 11.3 Å². The molecule has 2 N–H and O–H groups in total. The van der Waals surface area contributed by atoms with E-state index in [2.05, 4.69) is 39.6 Å². The van der Waals surface area contributed by atoms with Crippen molar-refractivity contribution in [2.75, 3.05) is 11.9 Å². The predicted octanol–water partition coefficient (Wildman–Crippen LogP) is 6.69. The number of nitrogens with one attached hydrogen (secondary N) is 2. The maximum atomic E-state index is 13.1. The van der Waals surface area contributed by atoms with E-state index in [0.29, 0.717) is 24.0 Å². The number of rotatable bonds is 6. The van der Waals surface area contributed by atoms with Crippen molar-refractivity contribution in [2.24, 2.45) is 0 Å². The second-order valence-corrected chi connectivity index (χ2v) is 10.8. The lowest BCUT2D eigenvalue weighted by Gasteiger charge is -2.22. The number of hydrogen-bond acceptors (Lipinski definition) is 5. The Bertz CT molecular complexity index is 1410. The number of carbonyl (C=O) groups excluding carboxylic acids is 2. The Morgan fingerprint density at radius 1 is 1.05 bits per heavy atom. The van der Waals surface area contributed by atoms with Gasteiger partial charge < -0.3 is 15.0 Å². The van der Waals surface area contributed by atoms with Crippen molar-refractivity contribution in [1.29, 1.82) is 0 Å². The third-order valence-electron chi connectivity index (χ3n) is 7.46. The molecular formula is C29H30N4O3S. The maximum absolute atomic E-state index is 13.1. The Labute approximate surface area is 219 Å². The molecular weight excluding hydrogens is 484 g/mol. The molecule has 2 aromatic heterocycles. The zero-order valence-electron chi connectivity index (χ0n) is 20.6. The summed E-state index contributed by atoms with van der Waals surface area (Å²) in [6.07, 6.45) is 6.06. The van der Waals surface area contributed by atoms with Crippen LogP contribution in [0.15, 0.2) is 60.0 Å². The van der Waals surface area contributed by atoms with Crippen molar-refractivity contribution in [3.63, 3.8) is 0 Å². The van der Waals surface area contributed by atoms with Gasteiger partial charge in [-0.1, -0.05) is 49.2 Å². The Balaban J connectivity index is 1.10. The summed E-state index contributed by atoms with van der Waals surface area (Å²) < 4.78 is 5.47. The molecule has 2 fully saturated rings. The fourth-order valence-electron chi connectivity index (χ4n) is 5.48. The van der Waals surface area contributed by atoms with E-state index in [1.165, 1.54) is 53.0 Å². The molecule has 1 aliphatic carbocycles. The van der Waals surface area contributed by atoms with Crippen LogP contribution in [-0.4, -0.2) is 39.5 Å². The van der Waals surface area contributed by atoms with Gasteiger partial charge in [0.15, 0.2) is 5.13 Å². The van der Waals surface area contributed by atoms with Gasteiger partial charge >= 0.3 is 6.09 Å². The number of fused-ring (bicyclic) bond motifs is 1. The monoisotopic (exact) mass is 514 g/mol. The molecule has 6 rings (SSSR count). The largest absolute Gasteiger partial charge is 0.445 e. The number of aromatic nitrogens is 2. The van der Waals surface area contributed by atoms with Crippen molar-refractivity contribution in [2.45, 2.75) is 57.1 Å². The van der Waals surface area contributed by atoms with Crippen molar-refractivity contribution in [3.05, 3.63) is 71.2 Å². The van der Waals surface area contributed by atoms with Gasteiger partial charge in [-0.25, -0.2) is 9.78 Å². The SMILES string of the molecule is O=C(Nc1nc(-c2ccc3[nH]c(C4CCCC4)cc3c2)cs1)C1CCCN1C(=O)OCc1ccccc1. The number of carbonyl (C=O) groups is 2. The van der Waals surface area contributed by atoms with Crippen LogP contribution in [0.2, 0.25) is 0 Å². The molecule has 37 heavy (non-hydrogen) atoms. The van der Waals surface area contributed by atoms with Gasteiger partial charge in [0.05, 0.1) is 5.69 Å². The highest BCUT2D eigenvalue weighted by atomic mass is 32.1. The van der Waals surface area contributed by atoms with E-state index < -0.39 is 12.1 Å². The van der Waals surface area contributed by atoms with Gasteiger partial charge in [-0.3, -0.25) is 9.69 Å². The average Bonchev–Trinajstić information content (AvgIpc) is 3.73. The minimum atomic E-state index is -0.555. The van der Waals surface area contributed by atoms with E-state index in [1.54, 1.807) is 0 Å².